The van der Waals surface area contributed by atoms with Crippen LogP contribution < -0.4 is 15.5 Å². The number of β-lactam (4-membered cyclic amide) rings is 1. The number of hydrogen-bond donors (Lipinski definition) is 6. The molecule has 6 N–H and O–H groups in total. The van der Waals surface area contributed by atoms with E-state index in [1.807, 2.05) is 78.9 Å². The molecular formula is C49H61FN4O11S. The second-order valence-electron chi connectivity index (χ2n) is 17.1. The minimum atomic E-state index is -3.28. The smallest absolute Gasteiger partial charge is 0.407 e. The summed E-state index contributed by atoms with van der Waals surface area (Å²) < 4.78 is 49.5. The second-order valence-corrected chi connectivity index (χ2v) is 19.2. The number of halogens is 1. The zero-order valence-electron chi connectivity index (χ0n) is 37.2. The molecule has 2 aliphatic rings. The molecule has 2 fully saturated rings. The van der Waals surface area contributed by atoms with E-state index in [1.165, 1.54) is 34.8 Å². The van der Waals surface area contributed by atoms with E-state index in [0.717, 1.165) is 22.3 Å². The van der Waals surface area contributed by atoms with Crippen molar-refractivity contribution in [1.82, 2.24) is 14.9 Å². The van der Waals surface area contributed by atoms with Gasteiger partial charge in [0.15, 0.2) is 6.10 Å². The number of sulfonamides is 1. The van der Waals surface area contributed by atoms with E-state index in [9.17, 15) is 47.6 Å². The van der Waals surface area contributed by atoms with Gasteiger partial charge in [-0.05, 0) is 103 Å². The molecule has 2 heterocycles. The van der Waals surface area contributed by atoms with Crippen molar-refractivity contribution < 1.29 is 57.1 Å². The number of unbranched alkanes of at least 4 members (excludes halogenated alkanes) is 1. The maximum absolute atomic E-state index is 13.9. The molecule has 0 radical (unpaired) electrons. The molecule has 15 nitrogen and oxygen atoms in total. The van der Waals surface area contributed by atoms with Gasteiger partial charge in [-0.25, -0.2) is 21.9 Å². The lowest BCUT2D eigenvalue weighted by atomic mass is 9.78. The molecule has 0 saturated carbocycles. The molecule has 3 amide bonds. The Morgan fingerprint density at radius 3 is 2.11 bits per heavy atom. The van der Waals surface area contributed by atoms with Crippen LogP contribution in [0, 0.1) is 11.7 Å². The number of carbonyl (C=O) groups excluding carboxylic acids is 3. The van der Waals surface area contributed by atoms with Crippen LogP contribution in [-0.2, 0) is 48.5 Å². The van der Waals surface area contributed by atoms with Gasteiger partial charge in [0.1, 0.15) is 30.7 Å². The van der Waals surface area contributed by atoms with Crippen LogP contribution in [0.1, 0.15) is 78.5 Å². The summed E-state index contributed by atoms with van der Waals surface area (Å²) >= 11 is 0. The van der Waals surface area contributed by atoms with E-state index in [1.54, 1.807) is 11.9 Å². The first-order valence-corrected chi connectivity index (χ1v) is 24.2. The van der Waals surface area contributed by atoms with E-state index >= 15 is 0 Å². The molecule has 8 atom stereocenters. The third-order valence-corrected chi connectivity index (χ3v) is 13.6. The molecule has 0 aromatic heterocycles. The fourth-order valence-corrected chi connectivity index (χ4v) is 8.77. The maximum atomic E-state index is 13.9. The van der Waals surface area contributed by atoms with E-state index in [4.69, 9.17) is 9.47 Å². The highest BCUT2D eigenvalue weighted by Crippen LogP contribution is 2.46. The van der Waals surface area contributed by atoms with Crippen molar-refractivity contribution in [3.8, 4) is 0 Å². The minimum Gasteiger partial charge on any atom is -0.445 e. The summed E-state index contributed by atoms with van der Waals surface area (Å²) in [6, 6.07) is 29.8. The molecular weight excluding hydrogens is 872 g/mol. The molecule has 4 aromatic carbocycles. The quantitative estimate of drug-likeness (QED) is 0.0478. The predicted molar refractivity (Wildman–Crippen MR) is 245 cm³/mol. The van der Waals surface area contributed by atoms with Crippen molar-refractivity contribution in [1.29, 1.82) is 0 Å². The summed E-state index contributed by atoms with van der Waals surface area (Å²) in [5.41, 5.74) is 4.83. The third-order valence-electron chi connectivity index (χ3n) is 12.3. The topological polar surface area (TPSA) is 215 Å². The van der Waals surface area contributed by atoms with Crippen LogP contribution in [0.4, 0.5) is 14.9 Å². The van der Waals surface area contributed by atoms with Crippen LogP contribution in [-0.4, -0.2) is 115 Å². The first-order chi connectivity index (χ1) is 31.6. The first kappa shape index (κ1) is 50.1. The Kier molecular flexibility index (Phi) is 17.8. The monoisotopic (exact) mass is 932 g/mol. The molecule has 4 aromatic rings. The van der Waals surface area contributed by atoms with Gasteiger partial charge in [0.05, 0.1) is 30.4 Å². The van der Waals surface area contributed by atoms with Crippen LogP contribution in [0.15, 0.2) is 103 Å². The number of benzene rings is 4. The van der Waals surface area contributed by atoms with Crippen molar-refractivity contribution in [3.63, 3.8) is 0 Å². The van der Waals surface area contributed by atoms with Crippen LogP contribution in [0.5, 0.6) is 0 Å². The van der Waals surface area contributed by atoms with Gasteiger partial charge in [-0.15, -0.1) is 0 Å². The molecule has 2 aliphatic heterocycles. The summed E-state index contributed by atoms with van der Waals surface area (Å²) in [4.78, 5) is 40.7. The number of alkyl carbamates (subject to hydrolysis) is 1. The van der Waals surface area contributed by atoms with E-state index < -0.39 is 70.4 Å². The number of anilines is 1. The Morgan fingerprint density at radius 2 is 1.44 bits per heavy atom. The van der Waals surface area contributed by atoms with Gasteiger partial charge < -0.3 is 45.4 Å². The predicted octanol–water partition coefficient (Wildman–Crippen LogP) is 4.47. The largest absolute Gasteiger partial charge is 0.445 e. The van der Waals surface area contributed by atoms with Crippen LogP contribution in [0.25, 0.3) is 0 Å². The number of aliphatic hydroxyl groups excluding tert-OH is 4. The normalized spacial score (nSPS) is 22.4. The van der Waals surface area contributed by atoms with Crippen LogP contribution >= 0.6 is 0 Å². The Bertz CT molecular complexity index is 2310. The van der Waals surface area contributed by atoms with Gasteiger partial charge in [0.25, 0.3) is 5.91 Å². The van der Waals surface area contributed by atoms with Crippen molar-refractivity contribution in [2.24, 2.45) is 5.92 Å². The maximum Gasteiger partial charge on any atom is 0.407 e. The number of amides is 3. The molecule has 66 heavy (non-hydrogen) atoms. The highest BCUT2D eigenvalue weighted by atomic mass is 32.2. The Labute approximate surface area is 385 Å². The average molecular weight is 933 g/mol. The second kappa shape index (κ2) is 23.5. The Hall–Kier alpha value is -5.27. The van der Waals surface area contributed by atoms with E-state index in [-0.39, 0.29) is 37.9 Å². The minimum absolute atomic E-state index is 0.102. The number of aryl methyl sites for hydroxylation is 2. The number of nitrogens with zero attached hydrogens (tertiary/aromatic N) is 2. The number of nitrogens with one attached hydrogen (secondary N) is 2. The summed E-state index contributed by atoms with van der Waals surface area (Å²) in [5, 5.41) is 48.5. The molecule has 6 rings (SSSR count). The van der Waals surface area contributed by atoms with Gasteiger partial charge in [0.2, 0.25) is 15.9 Å². The highest BCUT2D eigenvalue weighted by Gasteiger charge is 2.49. The van der Waals surface area contributed by atoms with E-state index in [0.29, 0.717) is 62.9 Å². The van der Waals surface area contributed by atoms with Gasteiger partial charge in [-0.2, -0.15) is 0 Å². The Balaban J connectivity index is 1.03. The molecule has 0 spiro atoms. The number of carbonyl (C=O) groups is 3. The lowest BCUT2D eigenvalue weighted by molar-refractivity contribution is -0.221. The number of aliphatic hydroxyl groups is 4. The van der Waals surface area contributed by atoms with Crippen LogP contribution in [0.2, 0.25) is 0 Å². The molecule has 2 saturated heterocycles. The summed E-state index contributed by atoms with van der Waals surface area (Å²) in [6.45, 7) is 1.08. The average Bonchev–Trinajstić information content (AvgIpc) is 3.31. The number of ether oxygens (including phenoxy) is 2. The molecule has 0 aliphatic carbocycles. The lowest BCUT2D eigenvalue weighted by Gasteiger charge is -2.48. The van der Waals surface area contributed by atoms with Crippen molar-refractivity contribution in [2.45, 2.75) is 101 Å². The van der Waals surface area contributed by atoms with Crippen LogP contribution in [0.3, 0.4) is 0 Å². The first-order valence-electron chi connectivity index (χ1n) is 22.4. The SMILES string of the molecule is CN(CCCc1ccc(N2C(=O)C(CC[C@H](O)c3ccc(F)cc3)[C@H]2c2ccc(CCC3O[C@H](C(=O)NCCCCNC(=O)OCc4ccccc4)[C@@H](O)[C@H](O)[C@H]3O)cc2)cc1)S(C)(=O)=O. The number of rotatable bonds is 22. The van der Waals surface area contributed by atoms with Gasteiger partial charge in [0, 0.05) is 32.4 Å². The van der Waals surface area contributed by atoms with Crippen molar-refractivity contribution >= 4 is 33.6 Å². The molecule has 2 unspecified atom stereocenters. The van der Waals surface area contributed by atoms with E-state index in [2.05, 4.69) is 10.6 Å². The fourth-order valence-electron chi connectivity index (χ4n) is 8.31. The summed E-state index contributed by atoms with van der Waals surface area (Å²) in [5.74, 6) is -1.60. The molecule has 356 valence electrons. The molecule has 0 bridgehead atoms. The van der Waals surface area contributed by atoms with Crippen molar-refractivity contribution in [3.05, 3.63) is 137 Å². The fraction of sp³-hybridized carbons (Fsp3) is 0.449. The summed E-state index contributed by atoms with van der Waals surface area (Å²) in [7, 11) is -1.73. The van der Waals surface area contributed by atoms with Gasteiger partial charge in [-0.3, -0.25) is 9.59 Å². The van der Waals surface area contributed by atoms with Gasteiger partial charge in [-0.1, -0.05) is 78.9 Å². The highest BCUT2D eigenvalue weighted by molar-refractivity contribution is 7.88. The zero-order valence-corrected chi connectivity index (χ0v) is 38.1. The molecule has 17 heteroatoms. The Morgan fingerprint density at radius 1 is 0.803 bits per heavy atom. The zero-order chi connectivity index (χ0) is 47.4. The lowest BCUT2D eigenvalue weighted by Crippen LogP contribution is -2.61. The standard InChI is InChI=1S/C49H61FN4O11S/c1-53(66(2,62)63)30-8-11-32-14-23-38(24-15-32)54-42(39(48(54)60)25-26-40(55)35-19-21-37(50)22-20-35)36-17-12-33(13-18-36)16-27-41-43(56)44(57)45(58)46(65-41)47(59)51-28-6-7-29-52-49(61)64-31-34-9-4-3-5-10-34/h3-5,9-10,12-15,17-24,39-46,55-58H,6-8,11,16,25-31H2,1-2H3,(H,51,59)(H,52,61)/t39?,40-,41?,42+,43-,44+,45-,46-/m0/s1. The summed E-state index contributed by atoms with van der Waals surface area (Å²) in [6.07, 6.45) is -3.81. The number of hydrogen-bond acceptors (Lipinski definition) is 11. The third kappa shape index (κ3) is 13.4. The van der Waals surface area contributed by atoms with Crippen molar-refractivity contribution in [2.75, 3.05) is 37.8 Å². The van der Waals surface area contributed by atoms with Gasteiger partial charge >= 0.3 is 6.09 Å².